The van der Waals surface area contributed by atoms with Crippen LogP contribution >= 0.6 is 12.4 Å². The van der Waals surface area contributed by atoms with Gasteiger partial charge in [0.05, 0.1) is 29.4 Å². The molecule has 1 saturated heterocycles. The molecule has 1 amide bonds. The van der Waals surface area contributed by atoms with Gasteiger partial charge in [-0.15, -0.1) is 12.4 Å². The molecule has 0 bridgehead atoms. The van der Waals surface area contributed by atoms with Gasteiger partial charge in [0.2, 0.25) is 5.91 Å². The number of nitrogens with one attached hydrogen (secondary N) is 1. The zero-order valence-electron chi connectivity index (χ0n) is 19.6. The lowest BCUT2D eigenvalue weighted by atomic mass is 9.82. The molecule has 6 atom stereocenters. The van der Waals surface area contributed by atoms with Crippen molar-refractivity contribution in [3.63, 3.8) is 0 Å². The fourth-order valence-corrected chi connectivity index (χ4v) is 5.31. The predicted octanol–water partition coefficient (Wildman–Crippen LogP) is 6.14. The predicted molar refractivity (Wildman–Crippen MR) is 123 cm³/mol. The molecule has 204 valence electrons. The van der Waals surface area contributed by atoms with Crippen molar-refractivity contribution in [3.8, 4) is 0 Å². The van der Waals surface area contributed by atoms with E-state index in [1.807, 2.05) is 0 Å². The Bertz CT molecular complexity index is 1080. The van der Waals surface area contributed by atoms with E-state index in [1.54, 1.807) is 12.1 Å². The first-order valence-corrected chi connectivity index (χ1v) is 11.5. The highest BCUT2D eigenvalue weighted by atomic mass is 35.5. The minimum atomic E-state index is -4.97. The third-order valence-corrected chi connectivity index (χ3v) is 7.05. The van der Waals surface area contributed by atoms with Crippen LogP contribution in [0.3, 0.4) is 0 Å². The maximum atomic E-state index is 13.6. The van der Waals surface area contributed by atoms with E-state index >= 15 is 0 Å². The molecule has 1 aliphatic heterocycles. The van der Waals surface area contributed by atoms with Crippen molar-refractivity contribution >= 4 is 18.3 Å². The fourth-order valence-electron chi connectivity index (χ4n) is 5.31. The number of rotatable bonds is 5. The Balaban J connectivity index is 0.00000380. The van der Waals surface area contributed by atoms with Crippen LogP contribution in [0, 0.1) is 11.7 Å². The van der Waals surface area contributed by atoms with Crippen LogP contribution in [0.25, 0.3) is 0 Å². The lowest BCUT2D eigenvalue weighted by Crippen LogP contribution is -2.36. The second-order valence-corrected chi connectivity index (χ2v) is 9.43. The molecule has 4 nitrogen and oxygen atoms in total. The van der Waals surface area contributed by atoms with Crippen molar-refractivity contribution in [2.75, 3.05) is 0 Å². The second-order valence-electron chi connectivity index (χ2n) is 9.43. The van der Waals surface area contributed by atoms with Gasteiger partial charge in [0, 0.05) is 12.0 Å². The van der Waals surface area contributed by atoms with Crippen LogP contribution < -0.4 is 11.1 Å². The summed E-state index contributed by atoms with van der Waals surface area (Å²) in [7, 11) is 0. The standard InChI is InChI=1S/C25H25F7N2O2.ClH/c1-12(14-8-15(24(27,28)29)10-16(9-14)25(30,31)32)36-21-7-6-18(20-11-19(33)23(35)34-20)22(21)13-2-4-17(26)5-3-13;/h2-5,8-10,12,18-22H,6-7,11,33H2,1H3,(H,34,35);1H/t12-,18+,19+,20-,21+,22+;/m1./s1. The first-order chi connectivity index (χ1) is 16.7. The van der Waals surface area contributed by atoms with Gasteiger partial charge in [0.1, 0.15) is 5.82 Å². The maximum absolute atomic E-state index is 13.6. The Labute approximate surface area is 215 Å². The quantitative estimate of drug-likeness (QED) is 0.436. The van der Waals surface area contributed by atoms with E-state index in [2.05, 4.69) is 5.32 Å². The Kier molecular flexibility index (Phi) is 8.51. The average Bonchev–Trinajstić information content (AvgIpc) is 3.35. The van der Waals surface area contributed by atoms with Gasteiger partial charge in [-0.1, -0.05) is 12.1 Å². The number of carbonyl (C=O) groups is 1. The van der Waals surface area contributed by atoms with Gasteiger partial charge in [-0.05, 0) is 73.6 Å². The number of carbonyl (C=O) groups excluding carboxylic acids is 1. The molecular formula is C25H26ClF7N2O2. The van der Waals surface area contributed by atoms with E-state index in [4.69, 9.17) is 10.5 Å². The third-order valence-electron chi connectivity index (χ3n) is 7.05. The van der Waals surface area contributed by atoms with Crippen LogP contribution in [0.15, 0.2) is 42.5 Å². The minimum absolute atomic E-state index is 0. The summed E-state index contributed by atoms with van der Waals surface area (Å²) in [5, 5.41) is 2.87. The number of benzene rings is 2. The van der Waals surface area contributed by atoms with E-state index in [-0.39, 0.29) is 47.8 Å². The van der Waals surface area contributed by atoms with Gasteiger partial charge >= 0.3 is 12.4 Å². The van der Waals surface area contributed by atoms with Gasteiger partial charge < -0.3 is 15.8 Å². The summed E-state index contributed by atoms with van der Waals surface area (Å²) < 4.78 is 99.6. The monoisotopic (exact) mass is 554 g/mol. The van der Waals surface area contributed by atoms with Crippen LogP contribution in [0.5, 0.6) is 0 Å². The van der Waals surface area contributed by atoms with E-state index < -0.39 is 47.5 Å². The highest BCUT2D eigenvalue weighted by molar-refractivity contribution is 5.85. The van der Waals surface area contributed by atoms with Crippen LogP contribution in [0.2, 0.25) is 0 Å². The third kappa shape index (κ3) is 6.38. The molecule has 2 aromatic rings. The summed E-state index contributed by atoms with van der Waals surface area (Å²) in [4.78, 5) is 12.0. The summed E-state index contributed by atoms with van der Waals surface area (Å²) in [5.41, 5.74) is 3.47. The number of ether oxygens (including phenoxy) is 1. The molecule has 0 unspecified atom stereocenters. The minimum Gasteiger partial charge on any atom is -0.370 e. The number of alkyl halides is 6. The molecule has 1 aliphatic carbocycles. The number of amides is 1. The molecule has 0 spiro atoms. The highest BCUT2D eigenvalue weighted by Crippen LogP contribution is 2.47. The van der Waals surface area contributed by atoms with E-state index in [9.17, 15) is 35.5 Å². The molecule has 4 rings (SSSR count). The summed E-state index contributed by atoms with van der Waals surface area (Å²) in [6, 6.07) is 6.13. The Morgan fingerprint density at radius 1 is 0.973 bits per heavy atom. The molecule has 2 aromatic carbocycles. The average molecular weight is 555 g/mol. The Morgan fingerprint density at radius 2 is 1.54 bits per heavy atom. The Morgan fingerprint density at radius 3 is 2.03 bits per heavy atom. The molecule has 1 saturated carbocycles. The van der Waals surface area contributed by atoms with Crippen molar-refractivity contribution in [2.45, 2.75) is 68.7 Å². The first kappa shape index (κ1) is 29.2. The van der Waals surface area contributed by atoms with Crippen molar-refractivity contribution in [1.29, 1.82) is 0 Å². The van der Waals surface area contributed by atoms with Crippen molar-refractivity contribution < 1.29 is 40.3 Å². The van der Waals surface area contributed by atoms with Crippen LogP contribution in [0.1, 0.15) is 60.5 Å². The molecular weight excluding hydrogens is 529 g/mol. The largest absolute Gasteiger partial charge is 0.416 e. The van der Waals surface area contributed by atoms with Gasteiger partial charge in [-0.2, -0.15) is 26.3 Å². The topological polar surface area (TPSA) is 64.3 Å². The number of nitrogens with two attached hydrogens (primary N) is 1. The SMILES string of the molecule is C[C@@H](O[C@H]1CC[C@@H]([C@H]2C[C@H](N)C(=O)N2)[C@@H]1c1ccc(F)cc1)c1cc(C(F)(F)F)cc(C(F)(F)F)c1.Cl. The van der Waals surface area contributed by atoms with Crippen molar-refractivity contribution in [3.05, 3.63) is 70.5 Å². The molecule has 3 N–H and O–H groups in total. The molecule has 0 aromatic heterocycles. The zero-order chi connectivity index (χ0) is 26.4. The molecule has 2 aliphatic rings. The van der Waals surface area contributed by atoms with Crippen molar-refractivity contribution in [1.82, 2.24) is 5.32 Å². The van der Waals surface area contributed by atoms with Crippen LogP contribution in [0.4, 0.5) is 30.7 Å². The smallest absolute Gasteiger partial charge is 0.370 e. The van der Waals surface area contributed by atoms with Gasteiger partial charge in [-0.3, -0.25) is 4.79 Å². The van der Waals surface area contributed by atoms with Gasteiger partial charge in [0.25, 0.3) is 0 Å². The summed E-state index contributed by atoms with van der Waals surface area (Å²) in [5.74, 6) is -1.29. The summed E-state index contributed by atoms with van der Waals surface area (Å²) in [6.45, 7) is 1.40. The first-order valence-electron chi connectivity index (χ1n) is 11.5. The second kappa shape index (κ2) is 10.8. The van der Waals surface area contributed by atoms with E-state index in [0.29, 0.717) is 37.0 Å². The Hall–Kier alpha value is -2.37. The van der Waals surface area contributed by atoms with Gasteiger partial charge in [0.15, 0.2) is 0 Å². The lowest BCUT2D eigenvalue weighted by Gasteiger charge is -2.31. The van der Waals surface area contributed by atoms with E-state index in [0.717, 1.165) is 0 Å². The highest BCUT2D eigenvalue weighted by Gasteiger charge is 2.46. The van der Waals surface area contributed by atoms with Crippen molar-refractivity contribution in [2.24, 2.45) is 11.7 Å². The molecule has 1 heterocycles. The van der Waals surface area contributed by atoms with Crippen LogP contribution in [-0.4, -0.2) is 24.1 Å². The van der Waals surface area contributed by atoms with Gasteiger partial charge in [-0.25, -0.2) is 4.39 Å². The molecule has 0 radical (unpaired) electrons. The normalized spacial score (nSPS) is 27.1. The van der Waals surface area contributed by atoms with E-state index in [1.165, 1.54) is 19.1 Å². The lowest BCUT2D eigenvalue weighted by molar-refractivity contribution is -0.143. The summed E-state index contributed by atoms with van der Waals surface area (Å²) in [6.07, 6.45) is -10.2. The van der Waals surface area contributed by atoms with Crippen LogP contribution in [-0.2, 0) is 21.9 Å². The number of hydrogen-bond acceptors (Lipinski definition) is 3. The molecule has 2 fully saturated rings. The zero-order valence-corrected chi connectivity index (χ0v) is 20.4. The maximum Gasteiger partial charge on any atom is 0.416 e. The number of halogens is 8. The summed E-state index contributed by atoms with van der Waals surface area (Å²) >= 11 is 0. The number of hydrogen-bond donors (Lipinski definition) is 2. The fraction of sp³-hybridized carbons (Fsp3) is 0.480. The molecule has 37 heavy (non-hydrogen) atoms. The molecule has 12 heteroatoms.